The third-order valence-corrected chi connectivity index (χ3v) is 5.83. The molecule has 2 aromatic rings. The van der Waals surface area contributed by atoms with Gasteiger partial charge in [0.25, 0.3) is 0 Å². The number of para-hydroxylation sites is 2. The van der Waals surface area contributed by atoms with Crippen molar-refractivity contribution in [3.05, 3.63) is 30.1 Å². The number of benzene rings is 1. The number of hydrogen-bond donors (Lipinski definition) is 2. The minimum Gasteiger partial charge on any atom is -0.353 e. The molecule has 0 spiro atoms. The molecule has 0 bridgehead atoms. The number of hydrogen-bond acceptors (Lipinski definition) is 3. The minimum absolute atomic E-state index is 0.244. The summed E-state index contributed by atoms with van der Waals surface area (Å²) >= 11 is 0. The van der Waals surface area contributed by atoms with Gasteiger partial charge in [0.2, 0.25) is 5.91 Å². The molecule has 4 rings (SSSR count). The van der Waals surface area contributed by atoms with Crippen LogP contribution < -0.4 is 5.32 Å². The van der Waals surface area contributed by atoms with Gasteiger partial charge < -0.3 is 10.3 Å². The Kier molecular flexibility index (Phi) is 4.50. The summed E-state index contributed by atoms with van der Waals surface area (Å²) in [5.41, 5.74) is 1.81. The third-order valence-electron chi connectivity index (χ3n) is 5.83. The summed E-state index contributed by atoms with van der Waals surface area (Å²) in [6.07, 6.45) is 6.83. The maximum Gasteiger partial charge on any atom is 0.227 e. The smallest absolute Gasteiger partial charge is 0.227 e. The van der Waals surface area contributed by atoms with Crippen molar-refractivity contribution in [2.45, 2.75) is 58.0 Å². The standard InChI is InChI=1S/C20H28N4O/c1-20(19(25)21-15-7-2-3-8-15)11-6-12-24(14-20)13-18-22-16-9-4-5-10-17(16)23-18/h4-5,9-10,15H,2-3,6-8,11-14H2,1H3,(H,21,25)(H,22,23)/t20-/m1/s1. The number of nitrogens with zero attached hydrogens (tertiary/aromatic N) is 2. The molecule has 134 valence electrons. The van der Waals surface area contributed by atoms with Crippen molar-refractivity contribution in [2.24, 2.45) is 5.41 Å². The quantitative estimate of drug-likeness (QED) is 0.898. The predicted octanol–water partition coefficient (Wildman–Crippen LogP) is 3.22. The van der Waals surface area contributed by atoms with Gasteiger partial charge in [-0.25, -0.2) is 4.98 Å². The van der Waals surface area contributed by atoms with Gasteiger partial charge in [0.05, 0.1) is 23.0 Å². The Morgan fingerprint density at radius 2 is 2.12 bits per heavy atom. The molecule has 1 aromatic heterocycles. The summed E-state index contributed by atoms with van der Waals surface area (Å²) in [5.74, 6) is 1.23. The molecule has 2 fully saturated rings. The van der Waals surface area contributed by atoms with Crippen molar-refractivity contribution < 1.29 is 4.79 Å². The maximum absolute atomic E-state index is 12.9. The van der Waals surface area contributed by atoms with Crippen LogP contribution in [0.25, 0.3) is 11.0 Å². The Balaban J connectivity index is 1.41. The maximum atomic E-state index is 12.9. The first-order valence-electron chi connectivity index (χ1n) is 9.59. The summed E-state index contributed by atoms with van der Waals surface area (Å²) in [6.45, 7) is 4.75. The molecule has 1 saturated carbocycles. The second-order valence-electron chi connectivity index (χ2n) is 8.03. The first kappa shape index (κ1) is 16.6. The second kappa shape index (κ2) is 6.79. The molecular weight excluding hydrogens is 312 g/mol. The molecule has 0 unspecified atom stereocenters. The molecule has 0 radical (unpaired) electrons. The highest BCUT2D eigenvalue weighted by atomic mass is 16.2. The number of carbonyl (C=O) groups is 1. The number of carbonyl (C=O) groups excluding carboxylic acids is 1. The normalized spacial score (nSPS) is 25.5. The van der Waals surface area contributed by atoms with Gasteiger partial charge in [-0.1, -0.05) is 25.0 Å². The van der Waals surface area contributed by atoms with Crippen LogP contribution in [0, 0.1) is 5.41 Å². The van der Waals surface area contributed by atoms with Crippen molar-refractivity contribution in [1.82, 2.24) is 20.2 Å². The Labute approximate surface area is 149 Å². The van der Waals surface area contributed by atoms with Crippen LogP contribution in [-0.2, 0) is 11.3 Å². The van der Waals surface area contributed by atoms with Crippen molar-refractivity contribution >= 4 is 16.9 Å². The topological polar surface area (TPSA) is 61.0 Å². The molecule has 1 atom stereocenters. The van der Waals surface area contributed by atoms with E-state index >= 15 is 0 Å². The van der Waals surface area contributed by atoms with E-state index in [2.05, 4.69) is 33.2 Å². The van der Waals surface area contributed by atoms with Crippen LogP contribution in [0.4, 0.5) is 0 Å². The highest BCUT2D eigenvalue weighted by molar-refractivity contribution is 5.83. The SMILES string of the molecule is C[C@@]1(C(=O)NC2CCCC2)CCCN(Cc2nc3ccccc3[nH]2)C1. The van der Waals surface area contributed by atoms with E-state index in [4.69, 9.17) is 0 Å². The minimum atomic E-state index is -0.285. The Bertz CT molecular complexity index is 716. The largest absolute Gasteiger partial charge is 0.353 e. The van der Waals surface area contributed by atoms with Crippen LogP contribution in [0.3, 0.4) is 0 Å². The van der Waals surface area contributed by atoms with Crippen molar-refractivity contribution in [2.75, 3.05) is 13.1 Å². The average Bonchev–Trinajstić information content (AvgIpc) is 3.23. The van der Waals surface area contributed by atoms with Crippen molar-refractivity contribution in [1.29, 1.82) is 0 Å². The second-order valence-corrected chi connectivity index (χ2v) is 8.03. The summed E-state index contributed by atoms with van der Waals surface area (Å²) in [6, 6.07) is 8.52. The van der Waals surface area contributed by atoms with Crippen LogP contribution in [0.1, 0.15) is 51.3 Å². The zero-order valence-corrected chi connectivity index (χ0v) is 15.1. The fourth-order valence-electron chi connectivity index (χ4n) is 4.39. The van der Waals surface area contributed by atoms with Gasteiger partial charge in [0, 0.05) is 12.6 Å². The molecule has 2 aliphatic rings. The molecule has 5 nitrogen and oxygen atoms in total. The van der Waals surface area contributed by atoms with Gasteiger partial charge in [-0.2, -0.15) is 0 Å². The number of imidazole rings is 1. The number of nitrogens with one attached hydrogen (secondary N) is 2. The number of H-pyrrole nitrogens is 1. The van der Waals surface area contributed by atoms with Gasteiger partial charge in [-0.15, -0.1) is 0 Å². The summed E-state index contributed by atoms with van der Waals surface area (Å²) in [7, 11) is 0. The van der Waals surface area contributed by atoms with Gasteiger partial charge in [-0.3, -0.25) is 9.69 Å². The Hall–Kier alpha value is -1.88. The van der Waals surface area contributed by atoms with Gasteiger partial charge in [-0.05, 0) is 51.3 Å². The summed E-state index contributed by atoms with van der Waals surface area (Å²) in [4.78, 5) is 23.3. The number of rotatable bonds is 4. The molecule has 2 N–H and O–H groups in total. The van der Waals surface area contributed by atoms with Crippen molar-refractivity contribution in [3.8, 4) is 0 Å². The Morgan fingerprint density at radius 3 is 2.92 bits per heavy atom. The highest BCUT2D eigenvalue weighted by Crippen LogP contribution is 2.31. The van der Waals surface area contributed by atoms with E-state index in [1.54, 1.807) is 0 Å². The molecule has 1 amide bonds. The Morgan fingerprint density at radius 1 is 1.32 bits per heavy atom. The molecule has 2 heterocycles. The molecule has 1 aliphatic heterocycles. The first-order chi connectivity index (χ1) is 12.1. The number of aromatic nitrogens is 2. The van der Waals surface area contributed by atoms with Gasteiger partial charge >= 0.3 is 0 Å². The van der Waals surface area contributed by atoms with Crippen LogP contribution >= 0.6 is 0 Å². The van der Waals surface area contributed by atoms with Crippen LogP contribution in [0.15, 0.2) is 24.3 Å². The number of fused-ring (bicyclic) bond motifs is 1. The van der Waals surface area contributed by atoms with E-state index in [-0.39, 0.29) is 11.3 Å². The number of aromatic amines is 1. The number of likely N-dealkylation sites (tertiary alicyclic amines) is 1. The molecule has 1 aliphatic carbocycles. The number of piperidine rings is 1. The monoisotopic (exact) mass is 340 g/mol. The summed E-state index contributed by atoms with van der Waals surface area (Å²) < 4.78 is 0. The molecule has 1 saturated heterocycles. The molecule has 5 heteroatoms. The predicted molar refractivity (Wildman–Crippen MR) is 99.1 cm³/mol. The first-order valence-corrected chi connectivity index (χ1v) is 9.59. The van der Waals surface area contributed by atoms with Crippen LogP contribution in [0.2, 0.25) is 0 Å². The van der Waals surface area contributed by atoms with E-state index in [9.17, 15) is 4.79 Å². The van der Waals surface area contributed by atoms with Crippen LogP contribution in [0.5, 0.6) is 0 Å². The number of amides is 1. The lowest BCUT2D eigenvalue weighted by Gasteiger charge is -2.39. The highest BCUT2D eigenvalue weighted by Gasteiger charge is 2.38. The van der Waals surface area contributed by atoms with E-state index in [0.717, 1.165) is 62.2 Å². The van der Waals surface area contributed by atoms with Crippen molar-refractivity contribution in [3.63, 3.8) is 0 Å². The lowest BCUT2D eigenvalue weighted by atomic mass is 9.80. The van der Waals surface area contributed by atoms with E-state index < -0.39 is 0 Å². The third kappa shape index (κ3) is 3.56. The lowest BCUT2D eigenvalue weighted by molar-refractivity contribution is -0.134. The van der Waals surface area contributed by atoms with Gasteiger partial charge in [0.1, 0.15) is 5.82 Å². The van der Waals surface area contributed by atoms with E-state index in [1.165, 1.54) is 12.8 Å². The van der Waals surface area contributed by atoms with Crippen LogP contribution in [-0.4, -0.2) is 39.9 Å². The average molecular weight is 340 g/mol. The molecule has 1 aromatic carbocycles. The summed E-state index contributed by atoms with van der Waals surface area (Å²) in [5, 5.41) is 3.31. The molecular formula is C20H28N4O. The zero-order chi connectivity index (χ0) is 17.3. The fraction of sp³-hybridized carbons (Fsp3) is 0.600. The lowest BCUT2D eigenvalue weighted by Crippen LogP contribution is -2.51. The zero-order valence-electron chi connectivity index (χ0n) is 15.1. The molecule has 25 heavy (non-hydrogen) atoms. The fourth-order valence-corrected chi connectivity index (χ4v) is 4.39. The van der Waals surface area contributed by atoms with E-state index in [1.807, 2.05) is 18.2 Å². The van der Waals surface area contributed by atoms with E-state index in [0.29, 0.717) is 6.04 Å². The van der Waals surface area contributed by atoms with Gasteiger partial charge in [0.15, 0.2) is 0 Å².